The predicted octanol–water partition coefficient (Wildman–Crippen LogP) is -0.396. The third kappa shape index (κ3) is 4.69. The first-order valence-corrected chi connectivity index (χ1v) is 6.45. The maximum Gasteiger partial charge on any atom is 0.323 e. The Hall–Kier alpha value is -1.83. The van der Waals surface area contributed by atoms with Crippen LogP contribution in [-0.4, -0.2) is 89.2 Å². The summed E-state index contributed by atoms with van der Waals surface area (Å²) in [7, 11) is 3.95. The van der Waals surface area contributed by atoms with Crippen LogP contribution in [0.2, 0.25) is 0 Å². The first-order valence-electron chi connectivity index (χ1n) is 6.45. The van der Waals surface area contributed by atoms with Crippen LogP contribution >= 0.6 is 0 Å². The van der Waals surface area contributed by atoms with Gasteiger partial charge in [0.1, 0.15) is 13.1 Å². The van der Waals surface area contributed by atoms with Crippen molar-refractivity contribution in [1.82, 2.24) is 14.7 Å². The number of urea groups is 1. The number of hydrogen-bond donors (Lipinski definition) is 2. The molecule has 0 radical (unpaired) electrons. The van der Waals surface area contributed by atoms with Crippen LogP contribution in [0.25, 0.3) is 0 Å². The minimum Gasteiger partial charge on any atom is -0.480 e. The quantitative estimate of drug-likeness (QED) is 0.713. The van der Waals surface area contributed by atoms with E-state index in [4.69, 9.17) is 10.2 Å². The lowest BCUT2D eigenvalue weighted by molar-refractivity contribution is -0.140. The van der Waals surface area contributed by atoms with Crippen molar-refractivity contribution in [3.8, 4) is 0 Å². The fraction of sp³-hybridized carbons (Fsp3) is 0.750. The summed E-state index contributed by atoms with van der Waals surface area (Å²) in [4.78, 5) is 38.0. The molecule has 1 aliphatic rings. The van der Waals surface area contributed by atoms with E-state index >= 15 is 0 Å². The highest BCUT2D eigenvalue weighted by Crippen LogP contribution is 2.15. The fourth-order valence-corrected chi connectivity index (χ4v) is 2.29. The largest absolute Gasteiger partial charge is 0.480 e. The zero-order valence-electron chi connectivity index (χ0n) is 11.8. The van der Waals surface area contributed by atoms with Gasteiger partial charge >= 0.3 is 18.0 Å². The van der Waals surface area contributed by atoms with Crippen LogP contribution in [0.4, 0.5) is 4.79 Å². The summed E-state index contributed by atoms with van der Waals surface area (Å²) in [5.41, 5.74) is 0. The number of hydrogen-bond acceptors (Lipinski definition) is 4. The molecule has 1 aliphatic heterocycles. The molecule has 8 heteroatoms. The molecule has 8 nitrogen and oxygen atoms in total. The average Bonchev–Trinajstić information content (AvgIpc) is 2.36. The Bertz CT molecular complexity index is 361. The van der Waals surface area contributed by atoms with Crippen LogP contribution in [-0.2, 0) is 9.59 Å². The van der Waals surface area contributed by atoms with Gasteiger partial charge in [-0.2, -0.15) is 0 Å². The highest BCUT2D eigenvalue weighted by molar-refractivity contribution is 5.84. The molecule has 0 atom stereocenters. The Morgan fingerprint density at radius 2 is 1.50 bits per heavy atom. The minimum atomic E-state index is -1.22. The van der Waals surface area contributed by atoms with E-state index < -0.39 is 31.1 Å². The van der Waals surface area contributed by atoms with Crippen LogP contribution in [0.15, 0.2) is 0 Å². The number of nitrogens with zero attached hydrogens (tertiary/aromatic N) is 3. The molecule has 0 unspecified atom stereocenters. The van der Waals surface area contributed by atoms with E-state index in [2.05, 4.69) is 4.90 Å². The van der Waals surface area contributed by atoms with Crippen molar-refractivity contribution in [1.29, 1.82) is 0 Å². The molecule has 0 bridgehead atoms. The van der Waals surface area contributed by atoms with E-state index in [-0.39, 0.29) is 0 Å². The number of likely N-dealkylation sites (tertiary alicyclic amines) is 1. The van der Waals surface area contributed by atoms with Gasteiger partial charge in [-0.3, -0.25) is 9.59 Å². The second kappa shape index (κ2) is 7.09. The first kappa shape index (κ1) is 16.2. The molecule has 1 rings (SSSR count). The number of carbonyl (C=O) groups excluding carboxylic acids is 1. The highest BCUT2D eigenvalue weighted by atomic mass is 16.4. The maximum absolute atomic E-state index is 12.2. The lowest BCUT2D eigenvalue weighted by atomic mass is 10.0. The molecule has 20 heavy (non-hydrogen) atoms. The number of carboxylic acids is 2. The monoisotopic (exact) mass is 287 g/mol. The van der Waals surface area contributed by atoms with E-state index in [9.17, 15) is 14.4 Å². The van der Waals surface area contributed by atoms with Crippen molar-refractivity contribution in [2.75, 3.05) is 40.3 Å². The van der Waals surface area contributed by atoms with Gasteiger partial charge in [-0.25, -0.2) is 4.79 Å². The number of carbonyl (C=O) groups is 3. The van der Waals surface area contributed by atoms with Crippen LogP contribution in [0.3, 0.4) is 0 Å². The molecule has 1 fully saturated rings. The van der Waals surface area contributed by atoms with Gasteiger partial charge in [-0.15, -0.1) is 0 Å². The predicted molar refractivity (Wildman–Crippen MR) is 70.5 cm³/mol. The summed E-state index contributed by atoms with van der Waals surface area (Å²) in [6.07, 6.45) is 1.60. The van der Waals surface area contributed by atoms with Gasteiger partial charge in [-0.1, -0.05) is 0 Å². The van der Waals surface area contributed by atoms with E-state index in [1.54, 1.807) is 0 Å². The van der Waals surface area contributed by atoms with E-state index in [1.807, 2.05) is 14.1 Å². The lowest BCUT2D eigenvalue weighted by Crippen LogP contribution is -2.51. The average molecular weight is 287 g/mol. The van der Waals surface area contributed by atoms with Gasteiger partial charge in [0.15, 0.2) is 0 Å². The molecule has 0 aromatic heterocycles. The number of amides is 2. The van der Waals surface area contributed by atoms with Gasteiger partial charge < -0.3 is 24.9 Å². The van der Waals surface area contributed by atoms with Gasteiger partial charge in [0, 0.05) is 19.1 Å². The molecule has 2 N–H and O–H groups in total. The Morgan fingerprint density at radius 1 is 1.05 bits per heavy atom. The second-order valence-corrected chi connectivity index (χ2v) is 5.11. The zero-order valence-corrected chi connectivity index (χ0v) is 11.8. The summed E-state index contributed by atoms with van der Waals surface area (Å²) in [5.74, 6) is -2.44. The van der Waals surface area contributed by atoms with Crippen LogP contribution in [0.1, 0.15) is 12.8 Å². The number of rotatable bonds is 5. The van der Waals surface area contributed by atoms with Crippen molar-refractivity contribution in [3.63, 3.8) is 0 Å². The van der Waals surface area contributed by atoms with Gasteiger partial charge in [0.25, 0.3) is 0 Å². The summed E-state index contributed by atoms with van der Waals surface area (Å²) < 4.78 is 0. The van der Waals surface area contributed by atoms with Crippen molar-refractivity contribution in [3.05, 3.63) is 0 Å². The standard InChI is InChI=1S/C12H21N3O5/c1-13(2)9-3-5-14(6-4-9)12(20)15(7-10(16)17)8-11(18)19/h9H,3-8H2,1-2H3,(H,16,17)(H,18,19). The molecule has 2 amide bonds. The number of carboxylic acid groups (broad SMARTS) is 2. The van der Waals surface area contributed by atoms with Gasteiger partial charge in [-0.05, 0) is 26.9 Å². The maximum atomic E-state index is 12.2. The van der Waals surface area contributed by atoms with Gasteiger partial charge in [0.2, 0.25) is 0 Å². The smallest absolute Gasteiger partial charge is 0.323 e. The molecule has 1 saturated heterocycles. The summed E-state index contributed by atoms with van der Waals surface area (Å²) >= 11 is 0. The molecular formula is C12H21N3O5. The van der Waals surface area contributed by atoms with Crippen molar-refractivity contribution in [2.45, 2.75) is 18.9 Å². The molecule has 0 aromatic carbocycles. The highest BCUT2D eigenvalue weighted by Gasteiger charge is 2.29. The van der Waals surface area contributed by atoms with Crippen molar-refractivity contribution in [2.24, 2.45) is 0 Å². The molecule has 114 valence electrons. The Labute approximate surface area is 117 Å². The molecular weight excluding hydrogens is 266 g/mol. The molecule has 0 spiro atoms. The third-order valence-corrected chi connectivity index (χ3v) is 3.39. The van der Waals surface area contributed by atoms with E-state index in [1.165, 1.54) is 4.90 Å². The minimum absolute atomic E-state index is 0.395. The summed E-state index contributed by atoms with van der Waals surface area (Å²) in [5, 5.41) is 17.5. The van der Waals surface area contributed by atoms with Crippen LogP contribution in [0, 0.1) is 0 Å². The van der Waals surface area contributed by atoms with Crippen LogP contribution < -0.4 is 0 Å². The first-order chi connectivity index (χ1) is 9.31. The Kier molecular flexibility index (Phi) is 5.75. The lowest BCUT2D eigenvalue weighted by Gasteiger charge is -2.37. The Balaban J connectivity index is 2.61. The van der Waals surface area contributed by atoms with E-state index in [0.29, 0.717) is 19.1 Å². The molecule has 0 aromatic rings. The third-order valence-electron chi connectivity index (χ3n) is 3.39. The second-order valence-electron chi connectivity index (χ2n) is 5.11. The zero-order chi connectivity index (χ0) is 15.3. The van der Waals surface area contributed by atoms with E-state index in [0.717, 1.165) is 17.7 Å². The van der Waals surface area contributed by atoms with Crippen molar-refractivity contribution < 1.29 is 24.6 Å². The Morgan fingerprint density at radius 3 is 1.85 bits per heavy atom. The molecule has 0 aliphatic carbocycles. The molecule has 0 saturated carbocycles. The van der Waals surface area contributed by atoms with Crippen LogP contribution in [0.5, 0.6) is 0 Å². The van der Waals surface area contributed by atoms with Crippen molar-refractivity contribution >= 4 is 18.0 Å². The number of aliphatic carboxylic acids is 2. The normalized spacial score (nSPS) is 16.2. The topological polar surface area (TPSA) is 101 Å². The summed E-state index contributed by atoms with van der Waals surface area (Å²) in [6.45, 7) is -0.174. The number of piperidine rings is 1. The fourth-order valence-electron chi connectivity index (χ4n) is 2.29. The SMILES string of the molecule is CN(C)C1CCN(C(=O)N(CC(=O)O)CC(=O)O)CC1. The van der Waals surface area contributed by atoms with Gasteiger partial charge in [0.05, 0.1) is 0 Å². The molecule has 1 heterocycles. The summed E-state index contributed by atoms with van der Waals surface area (Å²) in [6, 6.07) is -0.126.